The van der Waals surface area contributed by atoms with Gasteiger partial charge in [-0.05, 0) is 29.5 Å². The fourth-order valence-corrected chi connectivity index (χ4v) is 0.984. The molecule has 2 aromatic rings. The van der Waals surface area contributed by atoms with Crippen LogP contribution in [-0.4, -0.2) is 31.3 Å². The fraction of sp³-hybridized carbons (Fsp3) is 0. The van der Waals surface area contributed by atoms with Gasteiger partial charge in [0.15, 0.2) is 0 Å². The predicted molar refractivity (Wildman–Crippen MR) is 47.2 cm³/mol. The van der Waals surface area contributed by atoms with Crippen molar-refractivity contribution in [3.8, 4) is 5.69 Å². The van der Waals surface area contributed by atoms with Crippen LogP contribution in [0.4, 0.5) is 4.39 Å². The Morgan fingerprint density at radius 3 is 2.50 bits per heavy atom. The summed E-state index contributed by atoms with van der Waals surface area (Å²) < 4.78 is 12.6. The molecule has 0 atom stereocenters. The minimum Gasteiger partial charge on any atom is -1.00 e. The zero-order valence-electron chi connectivity index (χ0n) is 9.33. The molecule has 0 saturated carbocycles. The maximum atomic E-state index is 12.6. The molecular formula is C8H6FN4NaO2. The van der Waals surface area contributed by atoms with Crippen molar-refractivity contribution in [3.63, 3.8) is 0 Å². The number of carbonyl (C=O) groups is 1. The quantitative estimate of drug-likeness (QED) is 0.584. The Balaban J connectivity index is 0.00000128. The molecule has 1 aromatic heterocycles. The molecule has 0 aliphatic carbocycles. The van der Waals surface area contributed by atoms with Crippen LogP contribution < -0.4 is 29.6 Å². The fourth-order valence-electron chi connectivity index (χ4n) is 0.984. The number of rotatable bonds is 2. The maximum Gasteiger partial charge on any atom is 1.00 e. The number of carboxylic acids is 1. The third-order valence-electron chi connectivity index (χ3n) is 1.66. The summed E-state index contributed by atoms with van der Waals surface area (Å²) in [6.45, 7) is 0. The molecule has 78 valence electrons. The standard InChI is InChI=1S/C8H5FN4O2.Na.H/c9-5-1-3-6(4-2-5)13-11-7(8(14)15)10-12-13;;/h1-4H,(H,14,15);;/q;+1;-1. The van der Waals surface area contributed by atoms with Crippen LogP contribution in [0.2, 0.25) is 0 Å². The molecule has 0 fully saturated rings. The van der Waals surface area contributed by atoms with Crippen LogP contribution in [0.15, 0.2) is 24.3 Å². The normalized spacial score (nSPS) is 9.56. The summed E-state index contributed by atoms with van der Waals surface area (Å²) >= 11 is 0. The Morgan fingerprint density at radius 1 is 1.38 bits per heavy atom. The van der Waals surface area contributed by atoms with Gasteiger partial charge in [-0.25, -0.2) is 9.18 Å². The van der Waals surface area contributed by atoms with Crippen molar-refractivity contribution in [2.24, 2.45) is 0 Å². The average Bonchev–Trinajstić information content (AvgIpc) is 2.68. The monoisotopic (exact) mass is 232 g/mol. The van der Waals surface area contributed by atoms with Gasteiger partial charge in [-0.1, -0.05) is 0 Å². The van der Waals surface area contributed by atoms with Crippen molar-refractivity contribution in [2.45, 2.75) is 0 Å². The second kappa shape index (κ2) is 5.15. The summed E-state index contributed by atoms with van der Waals surface area (Å²) in [6.07, 6.45) is 0. The van der Waals surface area contributed by atoms with Crippen LogP contribution in [0, 0.1) is 5.82 Å². The van der Waals surface area contributed by atoms with E-state index >= 15 is 0 Å². The third kappa shape index (κ3) is 2.63. The van der Waals surface area contributed by atoms with Gasteiger partial charge in [0.05, 0.1) is 5.69 Å². The van der Waals surface area contributed by atoms with Crippen molar-refractivity contribution >= 4 is 5.97 Å². The third-order valence-corrected chi connectivity index (χ3v) is 1.66. The number of hydrogen-bond donors (Lipinski definition) is 1. The summed E-state index contributed by atoms with van der Waals surface area (Å²) in [6, 6.07) is 5.28. The van der Waals surface area contributed by atoms with E-state index in [4.69, 9.17) is 5.11 Å². The molecule has 0 bridgehead atoms. The number of benzene rings is 1. The minimum atomic E-state index is -1.26. The molecule has 0 amide bonds. The van der Waals surface area contributed by atoms with Crippen LogP contribution in [0.1, 0.15) is 12.0 Å². The number of aromatic carboxylic acids is 1. The second-order valence-corrected chi connectivity index (χ2v) is 2.68. The van der Waals surface area contributed by atoms with E-state index in [0.717, 1.165) is 4.80 Å². The van der Waals surface area contributed by atoms with Gasteiger partial charge >= 0.3 is 35.5 Å². The predicted octanol–water partition coefficient (Wildman–Crippen LogP) is -2.38. The molecule has 0 radical (unpaired) electrons. The van der Waals surface area contributed by atoms with Crippen LogP contribution in [0.5, 0.6) is 0 Å². The summed E-state index contributed by atoms with van der Waals surface area (Å²) in [7, 11) is 0. The van der Waals surface area contributed by atoms with Gasteiger partial charge in [0, 0.05) is 0 Å². The van der Waals surface area contributed by atoms with E-state index in [1.165, 1.54) is 24.3 Å². The Bertz CT molecular complexity index is 504. The summed E-state index contributed by atoms with van der Waals surface area (Å²) in [4.78, 5) is 11.5. The van der Waals surface area contributed by atoms with Crippen LogP contribution >= 0.6 is 0 Å². The molecule has 1 heterocycles. The molecule has 0 unspecified atom stereocenters. The molecule has 6 nitrogen and oxygen atoms in total. The van der Waals surface area contributed by atoms with E-state index in [2.05, 4.69) is 15.4 Å². The SMILES string of the molecule is O=C(O)c1nnn(-c2ccc(F)cc2)n1.[H-].[Na+]. The summed E-state index contributed by atoms with van der Waals surface area (Å²) in [5, 5.41) is 18.9. The largest absolute Gasteiger partial charge is 1.00 e. The number of tetrazole rings is 1. The van der Waals surface area contributed by atoms with E-state index in [0.29, 0.717) is 5.69 Å². The molecule has 0 aliphatic rings. The van der Waals surface area contributed by atoms with E-state index in [1.807, 2.05) is 0 Å². The number of aromatic nitrogens is 4. The molecule has 16 heavy (non-hydrogen) atoms. The van der Waals surface area contributed by atoms with Crippen LogP contribution in [0.3, 0.4) is 0 Å². The molecule has 8 heteroatoms. The minimum absolute atomic E-state index is 0. The first-order valence-corrected chi connectivity index (χ1v) is 3.96. The van der Waals surface area contributed by atoms with Crippen molar-refractivity contribution in [2.75, 3.05) is 0 Å². The average molecular weight is 232 g/mol. The first-order chi connectivity index (χ1) is 7.16. The first kappa shape index (κ1) is 12.8. The molecule has 0 saturated heterocycles. The molecular weight excluding hydrogens is 226 g/mol. The van der Waals surface area contributed by atoms with E-state index in [1.54, 1.807) is 0 Å². The molecule has 1 N–H and O–H groups in total. The van der Waals surface area contributed by atoms with E-state index < -0.39 is 17.6 Å². The topological polar surface area (TPSA) is 80.9 Å². The van der Waals surface area contributed by atoms with E-state index in [-0.39, 0.29) is 31.0 Å². The van der Waals surface area contributed by atoms with Gasteiger partial charge in [0.2, 0.25) is 0 Å². The zero-order chi connectivity index (χ0) is 10.8. The summed E-state index contributed by atoms with van der Waals surface area (Å²) in [5.74, 6) is -2.06. The zero-order valence-corrected chi connectivity index (χ0v) is 10.3. The molecule has 0 spiro atoms. The van der Waals surface area contributed by atoms with Gasteiger partial charge in [-0.2, -0.15) is 0 Å². The van der Waals surface area contributed by atoms with Crippen LogP contribution in [-0.2, 0) is 0 Å². The maximum absolute atomic E-state index is 12.6. The van der Waals surface area contributed by atoms with Crippen molar-refractivity contribution in [3.05, 3.63) is 35.9 Å². The van der Waals surface area contributed by atoms with Crippen LogP contribution in [0.25, 0.3) is 5.69 Å². The second-order valence-electron chi connectivity index (χ2n) is 2.68. The smallest absolute Gasteiger partial charge is 1.00 e. The molecule has 1 aromatic carbocycles. The first-order valence-electron chi connectivity index (χ1n) is 3.96. The Labute approximate surface area is 113 Å². The van der Waals surface area contributed by atoms with Crippen molar-refractivity contribution in [1.29, 1.82) is 0 Å². The van der Waals surface area contributed by atoms with Crippen molar-refractivity contribution < 1.29 is 45.3 Å². The molecule has 2 rings (SSSR count). The van der Waals surface area contributed by atoms with E-state index in [9.17, 15) is 9.18 Å². The Hall–Kier alpha value is -1.31. The van der Waals surface area contributed by atoms with Gasteiger partial charge in [0.1, 0.15) is 5.82 Å². The number of hydrogen-bond acceptors (Lipinski definition) is 4. The summed E-state index contributed by atoms with van der Waals surface area (Å²) in [5.41, 5.74) is 0.441. The molecule has 0 aliphatic heterocycles. The number of carboxylic acid groups (broad SMARTS) is 1. The van der Waals surface area contributed by atoms with Gasteiger partial charge in [-0.15, -0.1) is 15.0 Å². The van der Waals surface area contributed by atoms with Gasteiger partial charge in [0.25, 0.3) is 5.82 Å². The Kier molecular flexibility index (Phi) is 4.11. The Morgan fingerprint density at radius 2 is 2.00 bits per heavy atom. The van der Waals surface area contributed by atoms with Crippen molar-refractivity contribution in [1.82, 2.24) is 20.2 Å². The van der Waals surface area contributed by atoms with Gasteiger partial charge < -0.3 is 6.53 Å². The number of halogens is 1. The number of nitrogens with zero attached hydrogens (tertiary/aromatic N) is 4. The van der Waals surface area contributed by atoms with Gasteiger partial charge in [-0.3, -0.25) is 0 Å².